The second kappa shape index (κ2) is 16.8. The van der Waals surface area contributed by atoms with Crippen molar-refractivity contribution in [1.82, 2.24) is 4.98 Å². The van der Waals surface area contributed by atoms with E-state index in [1.165, 1.54) is 32.7 Å². The number of hydrogen-bond donors (Lipinski definition) is 0. The van der Waals surface area contributed by atoms with E-state index >= 15 is 0 Å². The lowest BCUT2D eigenvalue weighted by Crippen LogP contribution is -2.05. The van der Waals surface area contributed by atoms with E-state index in [-0.39, 0.29) is 0 Å². The molecule has 55 heavy (non-hydrogen) atoms. The van der Waals surface area contributed by atoms with Crippen LogP contribution in [0.15, 0.2) is 200 Å². The SMILES string of the molecule is C=C.C=Cc1nc(-c2cc(C(C)=NC(=NCc3ccccc3)c3ccccc3)cc(-c3cccc(-c4cc5ccccc5c5ccccc45)c3)c2)ccc1C. The lowest BCUT2D eigenvalue weighted by Gasteiger charge is -2.14. The molecule has 7 aromatic carbocycles. The predicted molar refractivity (Wildman–Crippen MR) is 237 cm³/mol. The normalized spacial score (nSPS) is 11.6. The van der Waals surface area contributed by atoms with Gasteiger partial charge in [0.2, 0.25) is 0 Å². The molecule has 266 valence electrons. The Balaban J connectivity index is 0.00000229. The Labute approximate surface area is 324 Å². The highest BCUT2D eigenvalue weighted by Gasteiger charge is 2.14. The van der Waals surface area contributed by atoms with E-state index in [1.807, 2.05) is 42.5 Å². The maximum Gasteiger partial charge on any atom is 0.155 e. The summed E-state index contributed by atoms with van der Waals surface area (Å²) in [4.78, 5) is 15.2. The first-order valence-electron chi connectivity index (χ1n) is 18.5. The lowest BCUT2D eigenvalue weighted by atomic mass is 9.91. The molecule has 8 rings (SSSR count). The second-order valence-electron chi connectivity index (χ2n) is 13.4. The average molecular weight is 710 g/mol. The van der Waals surface area contributed by atoms with Gasteiger partial charge in [0, 0.05) is 16.8 Å². The summed E-state index contributed by atoms with van der Waals surface area (Å²) in [6.07, 6.45) is 1.82. The van der Waals surface area contributed by atoms with E-state index in [2.05, 4.69) is 167 Å². The number of rotatable bonds is 8. The highest BCUT2D eigenvalue weighted by atomic mass is 14.9. The topological polar surface area (TPSA) is 37.6 Å². The first-order valence-corrected chi connectivity index (χ1v) is 18.5. The molecule has 0 atom stereocenters. The zero-order valence-electron chi connectivity index (χ0n) is 31.4. The van der Waals surface area contributed by atoms with Crippen molar-refractivity contribution in [3.63, 3.8) is 0 Å². The van der Waals surface area contributed by atoms with Crippen molar-refractivity contribution in [2.24, 2.45) is 9.98 Å². The molecule has 0 spiro atoms. The summed E-state index contributed by atoms with van der Waals surface area (Å²) in [7, 11) is 0. The summed E-state index contributed by atoms with van der Waals surface area (Å²) in [6.45, 7) is 14.7. The molecule has 0 aliphatic heterocycles. The number of aliphatic imine (C=N–C) groups is 2. The Kier molecular flexibility index (Phi) is 11.1. The molecule has 3 heteroatoms. The number of nitrogens with zero attached hydrogens (tertiary/aromatic N) is 3. The molecular formula is C52H43N3. The molecule has 0 fully saturated rings. The van der Waals surface area contributed by atoms with Crippen LogP contribution in [0.1, 0.15) is 34.9 Å². The number of aryl methyl sites for hydroxylation is 1. The van der Waals surface area contributed by atoms with Gasteiger partial charge in [0.1, 0.15) is 0 Å². The van der Waals surface area contributed by atoms with E-state index in [0.717, 1.165) is 56.0 Å². The van der Waals surface area contributed by atoms with Crippen molar-refractivity contribution in [2.75, 3.05) is 0 Å². The Hall–Kier alpha value is -6.97. The molecular weight excluding hydrogens is 667 g/mol. The van der Waals surface area contributed by atoms with Gasteiger partial charge in [-0.25, -0.2) is 9.98 Å². The van der Waals surface area contributed by atoms with E-state index < -0.39 is 0 Å². The minimum absolute atomic E-state index is 0.543. The van der Waals surface area contributed by atoms with E-state index in [9.17, 15) is 0 Å². The van der Waals surface area contributed by atoms with Gasteiger partial charge in [0.15, 0.2) is 5.84 Å². The van der Waals surface area contributed by atoms with Crippen LogP contribution in [0.4, 0.5) is 0 Å². The largest absolute Gasteiger partial charge is 0.261 e. The minimum atomic E-state index is 0.543. The van der Waals surface area contributed by atoms with Gasteiger partial charge >= 0.3 is 0 Å². The van der Waals surface area contributed by atoms with Crippen LogP contribution >= 0.6 is 0 Å². The number of aromatic nitrogens is 1. The molecule has 1 heterocycles. The number of hydrogen-bond acceptors (Lipinski definition) is 2. The summed E-state index contributed by atoms with van der Waals surface area (Å²) >= 11 is 0. The van der Waals surface area contributed by atoms with Crippen molar-refractivity contribution in [1.29, 1.82) is 0 Å². The second-order valence-corrected chi connectivity index (χ2v) is 13.4. The molecule has 0 amide bonds. The summed E-state index contributed by atoms with van der Waals surface area (Å²) in [5, 5.41) is 5.00. The molecule has 8 aromatic rings. The number of fused-ring (bicyclic) bond motifs is 3. The summed E-state index contributed by atoms with van der Waals surface area (Å²) in [5.41, 5.74) is 12.5. The Bertz CT molecular complexity index is 2690. The van der Waals surface area contributed by atoms with E-state index in [0.29, 0.717) is 12.4 Å². The van der Waals surface area contributed by atoms with Gasteiger partial charge < -0.3 is 0 Å². The Morgan fingerprint density at radius 3 is 1.98 bits per heavy atom. The molecule has 0 aliphatic rings. The van der Waals surface area contributed by atoms with Crippen molar-refractivity contribution in [3.8, 4) is 33.5 Å². The summed E-state index contributed by atoms with van der Waals surface area (Å²) < 4.78 is 0. The summed E-state index contributed by atoms with van der Waals surface area (Å²) in [6, 6.07) is 59.9. The fourth-order valence-corrected chi connectivity index (χ4v) is 6.97. The van der Waals surface area contributed by atoms with Crippen molar-refractivity contribution in [3.05, 3.63) is 218 Å². The molecule has 1 aromatic heterocycles. The molecule has 3 nitrogen and oxygen atoms in total. The van der Waals surface area contributed by atoms with Gasteiger partial charge in [-0.05, 0) is 117 Å². The standard InChI is InChI=1S/C50H39N3.C2H4/c1-4-48-34(2)26-27-49(53-48)43-30-41(35(3)52-50(37-18-9-6-10-19-37)51-33-36-16-7-5-8-17-36)29-42(31-43)38-21-15-22-39(28-38)47-32-40-20-11-12-23-44(40)45-24-13-14-25-46(45)47;1-2/h4-32H,1,33H2,2-3H3;1-2H2. The zero-order valence-corrected chi connectivity index (χ0v) is 31.4. The van der Waals surface area contributed by atoms with Gasteiger partial charge in [0.05, 0.1) is 17.9 Å². The van der Waals surface area contributed by atoms with Gasteiger partial charge in [-0.1, -0.05) is 140 Å². The number of pyridine rings is 1. The van der Waals surface area contributed by atoms with Crippen LogP contribution in [0, 0.1) is 6.92 Å². The average Bonchev–Trinajstić information content (AvgIpc) is 3.26. The maximum absolute atomic E-state index is 5.21. The smallest absolute Gasteiger partial charge is 0.155 e. The Morgan fingerprint density at radius 2 is 1.22 bits per heavy atom. The highest BCUT2D eigenvalue weighted by molar-refractivity contribution is 6.14. The number of benzene rings is 7. The van der Waals surface area contributed by atoms with Crippen LogP contribution in [0.3, 0.4) is 0 Å². The molecule has 0 unspecified atom stereocenters. The first kappa shape index (κ1) is 36.4. The van der Waals surface area contributed by atoms with Gasteiger partial charge in [-0.2, -0.15) is 0 Å². The molecule has 0 saturated heterocycles. The Morgan fingerprint density at radius 1 is 0.582 bits per heavy atom. The monoisotopic (exact) mass is 709 g/mol. The van der Waals surface area contributed by atoms with E-state index in [1.54, 1.807) is 0 Å². The van der Waals surface area contributed by atoms with Crippen molar-refractivity contribution in [2.45, 2.75) is 20.4 Å². The quantitative estimate of drug-likeness (QED) is 0.0670. The lowest BCUT2D eigenvalue weighted by molar-refractivity contribution is 1.06. The van der Waals surface area contributed by atoms with Crippen molar-refractivity contribution >= 4 is 39.2 Å². The molecule has 0 N–H and O–H groups in total. The van der Waals surface area contributed by atoms with Gasteiger partial charge in [-0.15, -0.1) is 13.2 Å². The highest BCUT2D eigenvalue weighted by Crippen LogP contribution is 2.37. The van der Waals surface area contributed by atoms with Crippen LogP contribution in [-0.4, -0.2) is 16.5 Å². The molecule has 0 aliphatic carbocycles. The molecule has 0 bridgehead atoms. The number of amidine groups is 1. The van der Waals surface area contributed by atoms with Crippen molar-refractivity contribution < 1.29 is 0 Å². The van der Waals surface area contributed by atoms with Crippen LogP contribution in [-0.2, 0) is 6.54 Å². The third-order valence-electron chi connectivity index (χ3n) is 9.81. The van der Waals surface area contributed by atoms with E-state index in [4.69, 9.17) is 15.0 Å². The van der Waals surface area contributed by atoms with Crippen LogP contribution in [0.2, 0.25) is 0 Å². The fraction of sp³-hybridized carbons (Fsp3) is 0.0577. The minimum Gasteiger partial charge on any atom is -0.261 e. The predicted octanol–water partition coefficient (Wildman–Crippen LogP) is 13.6. The van der Waals surface area contributed by atoms with Gasteiger partial charge in [0.25, 0.3) is 0 Å². The fourth-order valence-electron chi connectivity index (χ4n) is 6.97. The third-order valence-corrected chi connectivity index (χ3v) is 9.81. The first-order chi connectivity index (χ1) is 27.0. The van der Waals surface area contributed by atoms with Crippen LogP contribution in [0.5, 0.6) is 0 Å². The van der Waals surface area contributed by atoms with Gasteiger partial charge in [-0.3, -0.25) is 4.99 Å². The molecule has 0 saturated carbocycles. The molecule has 0 radical (unpaired) electrons. The van der Waals surface area contributed by atoms with Crippen LogP contribution in [0.25, 0.3) is 61.1 Å². The summed E-state index contributed by atoms with van der Waals surface area (Å²) in [5.74, 6) is 0.700. The zero-order chi connectivity index (χ0) is 38.1. The van der Waals surface area contributed by atoms with Crippen LogP contribution < -0.4 is 0 Å². The third kappa shape index (κ3) is 8.02. The maximum atomic E-state index is 5.21.